The molecule has 110 valence electrons. The number of nitrogens with zero attached hydrogens (tertiary/aromatic N) is 1. The molecule has 0 radical (unpaired) electrons. The number of ether oxygens (including phenoxy) is 1. The van der Waals surface area contributed by atoms with Gasteiger partial charge in [-0.05, 0) is 54.4 Å². The van der Waals surface area contributed by atoms with Crippen molar-refractivity contribution in [2.24, 2.45) is 0 Å². The third-order valence-electron chi connectivity index (χ3n) is 2.25. The van der Waals surface area contributed by atoms with Crippen LogP contribution in [-0.2, 0) is 11.2 Å². The summed E-state index contributed by atoms with van der Waals surface area (Å²) in [7, 11) is 0. The predicted molar refractivity (Wildman–Crippen MR) is 79.6 cm³/mol. The molecule has 1 rings (SSSR count). The Kier molecular flexibility index (Phi) is 5.50. The van der Waals surface area contributed by atoms with Crippen LogP contribution < -0.4 is 5.32 Å². The van der Waals surface area contributed by atoms with Crippen LogP contribution in [0.5, 0.6) is 0 Å². The highest BCUT2D eigenvalue weighted by Crippen LogP contribution is 2.24. The number of carbonyl (C=O) groups excluding carboxylic acids is 1. The van der Waals surface area contributed by atoms with Gasteiger partial charge in [-0.15, -0.1) is 0 Å². The summed E-state index contributed by atoms with van der Waals surface area (Å²) in [6, 6.07) is 5.20. The summed E-state index contributed by atoms with van der Waals surface area (Å²) >= 11 is 3.31. The van der Waals surface area contributed by atoms with Gasteiger partial charge in [0.2, 0.25) is 6.54 Å². The van der Waals surface area contributed by atoms with Gasteiger partial charge in [-0.3, -0.25) is 15.4 Å². The lowest BCUT2D eigenvalue weighted by molar-refractivity contribution is -0.479. The van der Waals surface area contributed by atoms with Gasteiger partial charge in [-0.25, -0.2) is 4.79 Å². The Morgan fingerprint density at radius 1 is 1.45 bits per heavy atom. The quantitative estimate of drug-likeness (QED) is 0.668. The van der Waals surface area contributed by atoms with Crippen molar-refractivity contribution in [1.82, 2.24) is 0 Å². The molecule has 6 nitrogen and oxygen atoms in total. The van der Waals surface area contributed by atoms with Crippen LogP contribution in [0.2, 0.25) is 0 Å². The summed E-state index contributed by atoms with van der Waals surface area (Å²) in [5.41, 5.74) is 0.718. The van der Waals surface area contributed by atoms with Gasteiger partial charge in [0.15, 0.2) is 0 Å². The molecule has 20 heavy (non-hydrogen) atoms. The van der Waals surface area contributed by atoms with Crippen molar-refractivity contribution in [2.45, 2.75) is 32.8 Å². The van der Waals surface area contributed by atoms with Gasteiger partial charge in [-0.2, -0.15) is 0 Å². The zero-order valence-electron chi connectivity index (χ0n) is 11.6. The maximum atomic E-state index is 11.7. The molecule has 0 atom stereocenters. The summed E-state index contributed by atoms with van der Waals surface area (Å²) in [4.78, 5) is 21.7. The molecule has 0 aliphatic heterocycles. The summed E-state index contributed by atoms with van der Waals surface area (Å²) in [5.74, 6) is 0. The Labute approximate surface area is 125 Å². The minimum absolute atomic E-state index is 0.145. The Bertz CT molecular complexity index is 512. The van der Waals surface area contributed by atoms with E-state index in [9.17, 15) is 14.9 Å². The van der Waals surface area contributed by atoms with E-state index in [4.69, 9.17) is 4.74 Å². The molecule has 1 aromatic rings. The Balaban J connectivity index is 2.76. The highest BCUT2D eigenvalue weighted by atomic mass is 79.9. The van der Waals surface area contributed by atoms with Crippen molar-refractivity contribution < 1.29 is 14.5 Å². The molecular formula is C13H17BrN2O4. The van der Waals surface area contributed by atoms with Gasteiger partial charge in [0.1, 0.15) is 5.60 Å². The fourth-order valence-electron chi connectivity index (χ4n) is 1.46. The van der Waals surface area contributed by atoms with E-state index in [1.54, 1.807) is 39.0 Å². The number of nitrogens with one attached hydrogen (secondary N) is 1. The van der Waals surface area contributed by atoms with Crippen LogP contribution in [0.3, 0.4) is 0 Å². The zero-order chi connectivity index (χ0) is 15.3. The van der Waals surface area contributed by atoms with E-state index in [1.165, 1.54) is 0 Å². The second-order valence-electron chi connectivity index (χ2n) is 5.25. The van der Waals surface area contributed by atoms with E-state index in [0.717, 1.165) is 5.56 Å². The number of rotatable bonds is 4. The zero-order valence-corrected chi connectivity index (χ0v) is 13.2. The molecule has 0 saturated carbocycles. The summed E-state index contributed by atoms with van der Waals surface area (Å²) < 4.78 is 5.84. The van der Waals surface area contributed by atoms with Gasteiger partial charge in [-0.1, -0.05) is 6.07 Å². The van der Waals surface area contributed by atoms with E-state index in [0.29, 0.717) is 16.6 Å². The van der Waals surface area contributed by atoms with Gasteiger partial charge < -0.3 is 4.74 Å². The molecule has 1 N–H and O–H groups in total. The molecule has 7 heteroatoms. The number of halogens is 1. The SMILES string of the molecule is CC(C)(C)OC(=O)Nc1cc(CC[N+](=O)[O-])ccc1Br. The van der Waals surface area contributed by atoms with Gasteiger partial charge in [0.05, 0.1) is 5.69 Å². The van der Waals surface area contributed by atoms with E-state index in [1.807, 2.05) is 0 Å². The maximum absolute atomic E-state index is 11.7. The molecule has 0 bridgehead atoms. The molecule has 0 saturated heterocycles. The lowest BCUT2D eigenvalue weighted by atomic mass is 10.1. The largest absolute Gasteiger partial charge is 0.444 e. The molecule has 0 heterocycles. The average Bonchev–Trinajstić information content (AvgIpc) is 2.27. The summed E-state index contributed by atoms with van der Waals surface area (Å²) in [6.07, 6.45) is -0.256. The van der Waals surface area contributed by atoms with Crippen molar-refractivity contribution >= 4 is 27.7 Å². The van der Waals surface area contributed by atoms with Crippen LogP contribution in [0.1, 0.15) is 26.3 Å². The molecular weight excluding hydrogens is 328 g/mol. The molecule has 0 aliphatic carbocycles. The monoisotopic (exact) mass is 344 g/mol. The molecule has 0 aliphatic rings. The minimum Gasteiger partial charge on any atom is -0.444 e. The smallest absolute Gasteiger partial charge is 0.412 e. The number of amides is 1. The summed E-state index contributed by atoms with van der Waals surface area (Å²) in [5, 5.41) is 13.0. The predicted octanol–water partition coefficient (Wildman–Crippen LogP) is 3.62. The normalized spacial score (nSPS) is 11.0. The first-order valence-electron chi connectivity index (χ1n) is 6.07. The topological polar surface area (TPSA) is 81.5 Å². The van der Waals surface area contributed by atoms with E-state index < -0.39 is 11.7 Å². The lowest BCUT2D eigenvalue weighted by Crippen LogP contribution is -2.27. The van der Waals surface area contributed by atoms with Crippen LogP contribution in [0.4, 0.5) is 10.5 Å². The summed E-state index contributed by atoms with van der Waals surface area (Å²) in [6.45, 7) is 5.17. The third-order valence-corrected chi connectivity index (χ3v) is 2.94. The van der Waals surface area contributed by atoms with Crippen molar-refractivity contribution in [3.05, 3.63) is 38.3 Å². The number of hydrogen-bond donors (Lipinski definition) is 1. The Morgan fingerprint density at radius 2 is 2.10 bits per heavy atom. The third kappa shape index (κ3) is 6.01. The Hall–Kier alpha value is -1.63. The number of anilines is 1. The van der Waals surface area contributed by atoms with Crippen LogP contribution in [0, 0.1) is 10.1 Å². The number of hydrogen-bond acceptors (Lipinski definition) is 4. The van der Waals surface area contributed by atoms with Gasteiger partial charge in [0.25, 0.3) is 0 Å². The van der Waals surface area contributed by atoms with E-state index in [-0.39, 0.29) is 11.5 Å². The van der Waals surface area contributed by atoms with Crippen LogP contribution in [0.15, 0.2) is 22.7 Å². The standard InChI is InChI=1S/C13H17BrN2O4/c1-13(2,3)20-12(17)15-11-8-9(4-5-10(11)14)6-7-16(18)19/h4-5,8H,6-7H2,1-3H3,(H,15,17). The van der Waals surface area contributed by atoms with Crippen molar-refractivity contribution in [3.8, 4) is 0 Å². The number of nitro groups is 1. The van der Waals surface area contributed by atoms with Crippen molar-refractivity contribution in [2.75, 3.05) is 11.9 Å². The molecule has 1 amide bonds. The molecule has 0 aromatic heterocycles. The van der Waals surface area contributed by atoms with Crippen LogP contribution >= 0.6 is 15.9 Å². The highest BCUT2D eigenvalue weighted by molar-refractivity contribution is 9.10. The second-order valence-corrected chi connectivity index (χ2v) is 6.10. The lowest BCUT2D eigenvalue weighted by Gasteiger charge is -2.20. The maximum Gasteiger partial charge on any atom is 0.412 e. The first-order chi connectivity index (χ1) is 9.17. The number of benzene rings is 1. The fraction of sp³-hybridized carbons (Fsp3) is 0.462. The van der Waals surface area contributed by atoms with Crippen molar-refractivity contribution in [1.29, 1.82) is 0 Å². The van der Waals surface area contributed by atoms with Gasteiger partial charge in [0, 0.05) is 15.8 Å². The van der Waals surface area contributed by atoms with E-state index in [2.05, 4.69) is 21.2 Å². The first kappa shape index (κ1) is 16.4. The molecule has 0 fully saturated rings. The van der Waals surface area contributed by atoms with E-state index >= 15 is 0 Å². The molecule has 0 spiro atoms. The van der Waals surface area contributed by atoms with Gasteiger partial charge >= 0.3 is 6.09 Å². The second kappa shape index (κ2) is 6.69. The number of carbonyl (C=O) groups is 1. The fourth-order valence-corrected chi connectivity index (χ4v) is 1.80. The highest BCUT2D eigenvalue weighted by Gasteiger charge is 2.17. The average molecular weight is 345 g/mol. The minimum atomic E-state index is -0.584. The Morgan fingerprint density at radius 3 is 2.65 bits per heavy atom. The van der Waals surface area contributed by atoms with Crippen LogP contribution in [0.25, 0.3) is 0 Å². The first-order valence-corrected chi connectivity index (χ1v) is 6.87. The molecule has 0 unspecified atom stereocenters. The van der Waals surface area contributed by atoms with Crippen molar-refractivity contribution in [3.63, 3.8) is 0 Å². The molecule has 1 aromatic carbocycles. The van der Waals surface area contributed by atoms with Crippen LogP contribution in [-0.4, -0.2) is 23.2 Å².